The number of carbonyl (C=O) groups is 1. The zero-order chi connectivity index (χ0) is 15.0. The first kappa shape index (κ1) is 14.1. The van der Waals surface area contributed by atoms with Crippen molar-refractivity contribution in [1.29, 1.82) is 0 Å². The largest absolute Gasteiger partial charge is 0.365 e. The van der Waals surface area contributed by atoms with E-state index in [4.69, 9.17) is 4.74 Å². The summed E-state index contributed by atoms with van der Waals surface area (Å²) in [5.74, 6) is 0.706. The fraction of sp³-hybridized carbons (Fsp3) is 0.500. The van der Waals surface area contributed by atoms with Gasteiger partial charge in [0.1, 0.15) is 11.4 Å². The Morgan fingerprint density at radius 1 is 1.43 bits per heavy atom. The van der Waals surface area contributed by atoms with Crippen LogP contribution in [0.4, 0.5) is 0 Å². The van der Waals surface area contributed by atoms with E-state index < -0.39 is 5.60 Å². The second kappa shape index (κ2) is 5.15. The van der Waals surface area contributed by atoms with Gasteiger partial charge in [0.25, 0.3) is 5.91 Å². The van der Waals surface area contributed by atoms with Crippen LogP contribution >= 0.6 is 0 Å². The number of nitrogens with zero attached hydrogens (tertiary/aromatic N) is 1. The standard InChI is InChI=1S/C16H21N3O2/c1-10-7-12-13(8-11(10)2)19-14(18-12)9-17-15(20)16(3)5-4-6-21-16/h7-8H,4-6,9H2,1-3H3,(H,17,20)(H,18,19)/t16-/m0/s1. The van der Waals surface area contributed by atoms with Crippen molar-refractivity contribution in [2.75, 3.05) is 6.61 Å². The van der Waals surface area contributed by atoms with Gasteiger partial charge < -0.3 is 15.0 Å². The van der Waals surface area contributed by atoms with Gasteiger partial charge in [-0.3, -0.25) is 4.79 Å². The predicted octanol–water partition coefficient (Wildman–Crippen LogP) is 2.37. The Kier molecular flexibility index (Phi) is 3.45. The molecule has 1 amide bonds. The van der Waals surface area contributed by atoms with Gasteiger partial charge in [-0.25, -0.2) is 4.98 Å². The van der Waals surface area contributed by atoms with Crippen molar-refractivity contribution in [2.45, 2.75) is 45.8 Å². The summed E-state index contributed by atoms with van der Waals surface area (Å²) in [6, 6.07) is 4.15. The molecule has 3 rings (SSSR count). The van der Waals surface area contributed by atoms with E-state index in [1.165, 1.54) is 11.1 Å². The molecule has 0 aliphatic carbocycles. The molecule has 0 saturated carbocycles. The zero-order valence-electron chi connectivity index (χ0n) is 12.7. The molecule has 5 nitrogen and oxygen atoms in total. The number of ether oxygens (including phenoxy) is 1. The summed E-state index contributed by atoms with van der Waals surface area (Å²) in [7, 11) is 0. The molecular weight excluding hydrogens is 266 g/mol. The van der Waals surface area contributed by atoms with Crippen molar-refractivity contribution in [1.82, 2.24) is 15.3 Å². The highest BCUT2D eigenvalue weighted by molar-refractivity contribution is 5.85. The molecule has 2 N–H and O–H groups in total. The Morgan fingerprint density at radius 3 is 2.90 bits per heavy atom. The minimum atomic E-state index is -0.681. The van der Waals surface area contributed by atoms with Crippen LogP contribution in [0.5, 0.6) is 0 Å². The molecule has 2 heterocycles. The lowest BCUT2D eigenvalue weighted by Gasteiger charge is -2.21. The molecule has 0 radical (unpaired) electrons. The van der Waals surface area contributed by atoms with E-state index >= 15 is 0 Å². The summed E-state index contributed by atoms with van der Waals surface area (Å²) < 4.78 is 5.54. The Morgan fingerprint density at radius 2 is 2.19 bits per heavy atom. The monoisotopic (exact) mass is 287 g/mol. The molecule has 1 aromatic heterocycles. The third-order valence-corrected chi connectivity index (χ3v) is 4.26. The number of benzene rings is 1. The van der Waals surface area contributed by atoms with Crippen LogP contribution in [0, 0.1) is 13.8 Å². The van der Waals surface area contributed by atoms with E-state index in [1.54, 1.807) is 0 Å². The number of fused-ring (bicyclic) bond motifs is 1. The molecule has 1 atom stereocenters. The van der Waals surface area contributed by atoms with Gasteiger partial charge in [0.05, 0.1) is 17.6 Å². The normalized spacial score (nSPS) is 21.9. The Balaban J connectivity index is 1.72. The van der Waals surface area contributed by atoms with Crippen molar-refractivity contribution < 1.29 is 9.53 Å². The van der Waals surface area contributed by atoms with Crippen LogP contribution in [-0.4, -0.2) is 28.1 Å². The van der Waals surface area contributed by atoms with E-state index in [2.05, 4.69) is 41.3 Å². The van der Waals surface area contributed by atoms with Gasteiger partial charge in [0, 0.05) is 6.61 Å². The van der Waals surface area contributed by atoms with E-state index in [9.17, 15) is 4.79 Å². The van der Waals surface area contributed by atoms with Gasteiger partial charge in [-0.2, -0.15) is 0 Å². The molecule has 1 aromatic carbocycles. The molecular formula is C16H21N3O2. The first-order valence-corrected chi connectivity index (χ1v) is 7.36. The van der Waals surface area contributed by atoms with Gasteiger partial charge in [0.2, 0.25) is 0 Å². The second-order valence-electron chi connectivity index (χ2n) is 6.00. The number of hydrogen-bond acceptors (Lipinski definition) is 3. The number of imidazole rings is 1. The van der Waals surface area contributed by atoms with Crippen LogP contribution in [-0.2, 0) is 16.1 Å². The summed E-state index contributed by atoms with van der Waals surface area (Å²) in [6.07, 6.45) is 1.71. The number of rotatable bonds is 3. The number of aryl methyl sites for hydroxylation is 2. The minimum absolute atomic E-state index is 0.0622. The zero-order valence-corrected chi connectivity index (χ0v) is 12.7. The van der Waals surface area contributed by atoms with E-state index in [0.29, 0.717) is 13.2 Å². The number of nitrogens with one attached hydrogen (secondary N) is 2. The number of carbonyl (C=O) groups excluding carboxylic acids is 1. The number of aromatic amines is 1. The molecule has 0 unspecified atom stereocenters. The number of hydrogen-bond donors (Lipinski definition) is 2. The SMILES string of the molecule is Cc1cc2nc(CNC(=O)[C@]3(C)CCCO3)[nH]c2cc1C. The van der Waals surface area contributed by atoms with Gasteiger partial charge in [0.15, 0.2) is 0 Å². The second-order valence-corrected chi connectivity index (χ2v) is 6.00. The van der Waals surface area contributed by atoms with Crippen LogP contribution in [0.2, 0.25) is 0 Å². The van der Waals surface area contributed by atoms with Crippen LogP contribution in [0.15, 0.2) is 12.1 Å². The van der Waals surface area contributed by atoms with E-state index in [-0.39, 0.29) is 5.91 Å². The van der Waals surface area contributed by atoms with Crippen LogP contribution < -0.4 is 5.32 Å². The fourth-order valence-electron chi connectivity index (χ4n) is 2.72. The smallest absolute Gasteiger partial charge is 0.252 e. The molecule has 21 heavy (non-hydrogen) atoms. The quantitative estimate of drug-likeness (QED) is 0.910. The maximum absolute atomic E-state index is 12.2. The van der Waals surface area contributed by atoms with Crippen molar-refractivity contribution in [3.8, 4) is 0 Å². The minimum Gasteiger partial charge on any atom is -0.365 e. The summed E-state index contributed by atoms with van der Waals surface area (Å²) in [4.78, 5) is 20.0. The molecule has 1 aliphatic rings. The maximum Gasteiger partial charge on any atom is 0.252 e. The summed E-state index contributed by atoms with van der Waals surface area (Å²) in [5, 5.41) is 2.91. The summed E-state index contributed by atoms with van der Waals surface area (Å²) >= 11 is 0. The van der Waals surface area contributed by atoms with Crippen LogP contribution in [0.25, 0.3) is 11.0 Å². The van der Waals surface area contributed by atoms with Crippen molar-refractivity contribution >= 4 is 16.9 Å². The summed E-state index contributed by atoms with van der Waals surface area (Å²) in [6.45, 7) is 7.05. The molecule has 0 spiro atoms. The van der Waals surface area contributed by atoms with Crippen molar-refractivity contribution in [3.05, 3.63) is 29.1 Å². The molecule has 112 valence electrons. The average molecular weight is 287 g/mol. The van der Waals surface area contributed by atoms with E-state index in [1.807, 2.05) is 6.92 Å². The molecule has 1 fully saturated rings. The average Bonchev–Trinajstić information content (AvgIpc) is 3.04. The molecule has 0 bridgehead atoms. The third-order valence-electron chi connectivity index (χ3n) is 4.26. The predicted molar refractivity (Wildman–Crippen MR) is 81.0 cm³/mol. The van der Waals surface area contributed by atoms with E-state index in [0.717, 1.165) is 29.7 Å². The first-order valence-electron chi connectivity index (χ1n) is 7.36. The highest BCUT2D eigenvalue weighted by Gasteiger charge is 2.37. The van der Waals surface area contributed by atoms with Crippen LogP contribution in [0.3, 0.4) is 0 Å². The highest BCUT2D eigenvalue weighted by atomic mass is 16.5. The lowest BCUT2D eigenvalue weighted by molar-refractivity contribution is -0.139. The van der Waals surface area contributed by atoms with Crippen molar-refractivity contribution in [2.24, 2.45) is 0 Å². The Labute approximate surface area is 124 Å². The molecule has 1 aliphatic heterocycles. The maximum atomic E-state index is 12.2. The lowest BCUT2D eigenvalue weighted by atomic mass is 10.0. The molecule has 1 saturated heterocycles. The van der Waals surface area contributed by atoms with Gasteiger partial charge in [-0.05, 0) is 56.9 Å². The third kappa shape index (κ3) is 2.65. The van der Waals surface area contributed by atoms with Gasteiger partial charge in [-0.1, -0.05) is 0 Å². The summed E-state index contributed by atoms with van der Waals surface area (Å²) in [5.41, 5.74) is 3.71. The van der Waals surface area contributed by atoms with Gasteiger partial charge in [-0.15, -0.1) is 0 Å². The number of aromatic nitrogens is 2. The van der Waals surface area contributed by atoms with Crippen molar-refractivity contribution in [3.63, 3.8) is 0 Å². The molecule has 2 aromatic rings. The Hall–Kier alpha value is -1.88. The first-order chi connectivity index (χ1) is 9.98. The number of H-pyrrole nitrogens is 1. The van der Waals surface area contributed by atoms with Gasteiger partial charge >= 0.3 is 0 Å². The lowest BCUT2D eigenvalue weighted by Crippen LogP contribution is -2.43. The molecule has 5 heteroatoms. The topological polar surface area (TPSA) is 67.0 Å². The Bertz CT molecular complexity index is 645. The number of amides is 1. The fourth-order valence-corrected chi connectivity index (χ4v) is 2.72. The highest BCUT2D eigenvalue weighted by Crippen LogP contribution is 2.25. The van der Waals surface area contributed by atoms with Crippen LogP contribution in [0.1, 0.15) is 36.7 Å².